The number of halogens is 3. The normalized spacial score (nSPS) is 15.8. The molecule has 4 nitrogen and oxygen atoms in total. The number of hydrogen-bond donors (Lipinski definition) is 0. The van der Waals surface area contributed by atoms with Crippen LogP contribution >= 0.6 is 11.8 Å². The molecule has 1 fully saturated rings. The monoisotopic (exact) mass is 395 g/mol. The van der Waals surface area contributed by atoms with Crippen LogP contribution in [0.1, 0.15) is 21.5 Å². The minimum absolute atomic E-state index is 0.0498. The zero-order valence-electron chi connectivity index (χ0n) is 14.9. The van der Waals surface area contributed by atoms with Gasteiger partial charge in [0.25, 0.3) is 5.91 Å². The molecular formula is C19H20F3N3OS. The van der Waals surface area contributed by atoms with Gasteiger partial charge in [0.2, 0.25) is 0 Å². The number of rotatable bonds is 4. The van der Waals surface area contributed by atoms with Gasteiger partial charge in [-0.25, -0.2) is 4.98 Å². The van der Waals surface area contributed by atoms with Crippen molar-refractivity contribution in [1.82, 2.24) is 14.8 Å². The van der Waals surface area contributed by atoms with Crippen molar-refractivity contribution >= 4 is 17.7 Å². The van der Waals surface area contributed by atoms with E-state index in [-0.39, 0.29) is 5.91 Å². The molecule has 0 atom stereocenters. The van der Waals surface area contributed by atoms with Crippen LogP contribution in [0.25, 0.3) is 0 Å². The van der Waals surface area contributed by atoms with E-state index in [4.69, 9.17) is 0 Å². The molecule has 0 bridgehead atoms. The van der Waals surface area contributed by atoms with Gasteiger partial charge in [0.1, 0.15) is 5.03 Å². The Bertz CT molecular complexity index is 805. The first-order valence-electron chi connectivity index (χ1n) is 8.55. The van der Waals surface area contributed by atoms with Gasteiger partial charge in [-0.1, -0.05) is 18.2 Å². The van der Waals surface area contributed by atoms with Crippen molar-refractivity contribution in [3.8, 4) is 0 Å². The zero-order chi connectivity index (χ0) is 19.4. The second kappa shape index (κ2) is 8.31. The molecule has 0 spiro atoms. The summed E-state index contributed by atoms with van der Waals surface area (Å²) in [5.41, 5.74) is 0.591. The standard InChI is InChI=1S/C19H20F3N3OS/c1-27-17-16(6-3-7-23-17)18(26)25-10-8-24(9-11-25)13-14-4-2-5-15(12-14)19(20,21)22/h2-7,12H,8-11,13H2,1H3. The molecule has 2 aromatic rings. The highest BCUT2D eigenvalue weighted by Crippen LogP contribution is 2.30. The Morgan fingerprint density at radius 3 is 2.56 bits per heavy atom. The molecule has 1 aromatic heterocycles. The van der Waals surface area contributed by atoms with E-state index in [1.807, 2.05) is 6.26 Å². The number of nitrogens with zero attached hydrogens (tertiary/aromatic N) is 3. The van der Waals surface area contributed by atoms with Gasteiger partial charge in [-0.3, -0.25) is 9.69 Å². The Kier molecular flexibility index (Phi) is 6.06. The van der Waals surface area contributed by atoms with Crippen LogP contribution in [0.2, 0.25) is 0 Å². The molecule has 1 saturated heterocycles. The van der Waals surface area contributed by atoms with E-state index in [0.717, 1.165) is 6.07 Å². The molecule has 1 aromatic carbocycles. The SMILES string of the molecule is CSc1ncccc1C(=O)N1CCN(Cc2cccc(C(F)(F)F)c2)CC1. The van der Waals surface area contributed by atoms with E-state index in [1.165, 1.54) is 23.9 Å². The number of amides is 1. The zero-order valence-corrected chi connectivity index (χ0v) is 15.7. The average molecular weight is 395 g/mol. The number of aromatic nitrogens is 1. The minimum Gasteiger partial charge on any atom is -0.336 e. The second-order valence-corrected chi connectivity index (χ2v) is 7.12. The largest absolute Gasteiger partial charge is 0.416 e. The fraction of sp³-hybridized carbons (Fsp3) is 0.368. The van der Waals surface area contributed by atoms with Crippen molar-refractivity contribution in [3.63, 3.8) is 0 Å². The van der Waals surface area contributed by atoms with Gasteiger partial charge >= 0.3 is 6.18 Å². The molecular weight excluding hydrogens is 375 g/mol. The molecule has 0 radical (unpaired) electrons. The molecule has 1 amide bonds. The van der Waals surface area contributed by atoms with Crippen LogP contribution in [0.15, 0.2) is 47.6 Å². The van der Waals surface area contributed by atoms with Crippen LogP contribution in [0.5, 0.6) is 0 Å². The first kappa shape index (κ1) is 19.7. The van der Waals surface area contributed by atoms with E-state index < -0.39 is 11.7 Å². The lowest BCUT2D eigenvalue weighted by atomic mass is 10.1. The summed E-state index contributed by atoms with van der Waals surface area (Å²) in [6.45, 7) is 2.77. The van der Waals surface area contributed by atoms with Crippen LogP contribution < -0.4 is 0 Å². The maximum absolute atomic E-state index is 12.8. The lowest BCUT2D eigenvalue weighted by molar-refractivity contribution is -0.137. The Labute approximate surface area is 160 Å². The van der Waals surface area contributed by atoms with Crippen molar-refractivity contribution in [2.75, 3.05) is 32.4 Å². The first-order chi connectivity index (χ1) is 12.9. The molecule has 0 unspecified atom stereocenters. The van der Waals surface area contributed by atoms with Crippen LogP contribution in [0.4, 0.5) is 13.2 Å². The third-order valence-corrected chi connectivity index (χ3v) is 5.23. The van der Waals surface area contributed by atoms with Gasteiger partial charge in [0.05, 0.1) is 11.1 Å². The van der Waals surface area contributed by atoms with Gasteiger partial charge in [-0.2, -0.15) is 13.2 Å². The lowest BCUT2D eigenvalue weighted by Crippen LogP contribution is -2.48. The van der Waals surface area contributed by atoms with Gasteiger partial charge in [-0.05, 0) is 30.0 Å². The van der Waals surface area contributed by atoms with Crippen molar-refractivity contribution < 1.29 is 18.0 Å². The van der Waals surface area contributed by atoms with E-state index in [1.54, 1.807) is 29.3 Å². The number of benzene rings is 1. The molecule has 1 aliphatic rings. The van der Waals surface area contributed by atoms with Gasteiger partial charge < -0.3 is 4.90 Å². The Morgan fingerprint density at radius 2 is 1.89 bits per heavy atom. The number of hydrogen-bond acceptors (Lipinski definition) is 4. The van der Waals surface area contributed by atoms with Crippen molar-refractivity contribution in [1.29, 1.82) is 0 Å². The van der Waals surface area contributed by atoms with E-state index >= 15 is 0 Å². The fourth-order valence-corrected chi connectivity index (χ4v) is 3.64. The van der Waals surface area contributed by atoms with E-state index in [9.17, 15) is 18.0 Å². The second-order valence-electron chi connectivity index (χ2n) is 6.33. The molecule has 144 valence electrons. The molecule has 0 aliphatic carbocycles. The molecule has 3 rings (SSSR count). The Morgan fingerprint density at radius 1 is 1.15 bits per heavy atom. The number of pyridine rings is 1. The number of carbonyl (C=O) groups is 1. The van der Waals surface area contributed by atoms with Gasteiger partial charge in [-0.15, -0.1) is 11.8 Å². The molecule has 27 heavy (non-hydrogen) atoms. The summed E-state index contributed by atoms with van der Waals surface area (Å²) in [5, 5.41) is 0.703. The minimum atomic E-state index is -4.33. The quantitative estimate of drug-likeness (QED) is 0.739. The van der Waals surface area contributed by atoms with Gasteiger partial charge in [0, 0.05) is 38.9 Å². The summed E-state index contributed by atoms with van der Waals surface area (Å²) in [6.07, 6.45) is -0.790. The molecule has 8 heteroatoms. The molecule has 1 aliphatic heterocycles. The first-order valence-corrected chi connectivity index (χ1v) is 9.78. The van der Waals surface area contributed by atoms with Crippen LogP contribution in [-0.4, -0.2) is 53.1 Å². The van der Waals surface area contributed by atoms with E-state index in [2.05, 4.69) is 9.88 Å². The summed E-state index contributed by atoms with van der Waals surface area (Å²) < 4.78 is 38.5. The lowest BCUT2D eigenvalue weighted by Gasteiger charge is -2.35. The smallest absolute Gasteiger partial charge is 0.336 e. The predicted molar refractivity (Wildman–Crippen MR) is 98.6 cm³/mol. The highest BCUT2D eigenvalue weighted by Gasteiger charge is 2.30. The van der Waals surface area contributed by atoms with Crippen molar-refractivity contribution in [3.05, 3.63) is 59.3 Å². The van der Waals surface area contributed by atoms with Crippen molar-refractivity contribution in [2.45, 2.75) is 17.7 Å². The highest BCUT2D eigenvalue weighted by molar-refractivity contribution is 7.98. The maximum Gasteiger partial charge on any atom is 0.416 e. The van der Waals surface area contributed by atoms with Crippen LogP contribution in [0, 0.1) is 0 Å². The summed E-state index contributed by atoms with van der Waals surface area (Å²) >= 11 is 1.43. The van der Waals surface area contributed by atoms with E-state index in [0.29, 0.717) is 48.9 Å². The number of carbonyl (C=O) groups excluding carboxylic acids is 1. The summed E-state index contributed by atoms with van der Waals surface area (Å²) in [5.74, 6) is -0.0498. The van der Waals surface area contributed by atoms with Crippen LogP contribution in [0.3, 0.4) is 0 Å². The maximum atomic E-state index is 12.8. The Hall–Kier alpha value is -2.06. The fourth-order valence-electron chi connectivity index (χ4n) is 3.10. The summed E-state index contributed by atoms with van der Waals surface area (Å²) in [7, 11) is 0. The van der Waals surface area contributed by atoms with Crippen LogP contribution in [-0.2, 0) is 12.7 Å². The highest BCUT2D eigenvalue weighted by atomic mass is 32.2. The average Bonchev–Trinajstić information content (AvgIpc) is 2.67. The number of thioether (sulfide) groups is 1. The molecule has 0 saturated carbocycles. The Balaban J connectivity index is 1.60. The molecule has 2 heterocycles. The summed E-state index contributed by atoms with van der Waals surface area (Å²) in [6, 6.07) is 8.93. The topological polar surface area (TPSA) is 36.4 Å². The molecule has 0 N–H and O–H groups in total. The third kappa shape index (κ3) is 4.81. The third-order valence-electron chi connectivity index (χ3n) is 4.51. The number of piperazine rings is 1. The number of alkyl halides is 3. The summed E-state index contributed by atoms with van der Waals surface area (Å²) in [4.78, 5) is 20.8. The predicted octanol–water partition coefficient (Wildman–Crippen LogP) is 3.78. The van der Waals surface area contributed by atoms with Crippen molar-refractivity contribution in [2.24, 2.45) is 0 Å². The van der Waals surface area contributed by atoms with Gasteiger partial charge in [0.15, 0.2) is 0 Å².